The number of carbonyl (C=O) groups is 1. The predicted molar refractivity (Wildman–Crippen MR) is 94.5 cm³/mol. The van der Waals surface area contributed by atoms with Crippen LogP contribution in [0, 0.1) is 5.92 Å². The maximum absolute atomic E-state index is 12.0. The molecular formula is C18H21N3OS. The van der Waals surface area contributed by atoms with Gasteiger partial charge < -0.3 is 0 Å². The van der Waals surface area contributed by atoms with E-state index in [4.69, 9.17) is 0 Å². The molecule has 1 aliphatic carbocycles. The van der Waals surface area contributed by atoms with E-state index in [1.54, 1.807) is 6.08 Å². The molecule has 1 aromatic heterocycles. The molecule has 0 bridgehead atoms. The molecule has 1 N–H and O–H groups in total. The third kappa shape index (κ3) is 4.05. The Balaban J connectivity index is 1.67. The first-order chi connectivity index (χ1) is 11.0. The van der Waals surface area contributed by atoms with Crippen molar-refractivity contribution in [2.24, 2.45) is 5.92 Å². The summed E-state index contributed by atoms with van der Waals surface area (Å²) in [5.74, 6) is 0.993. The Morgan fingerprint density at radius 2 is 1.96 bits per heavy atom. The summed E-state index contributed by atoms with van der Waals surface area (Å²) >= 11 is 1.40. The minimum atomic E-state index is -0.118. The predicted octanol–water partition coefficient (Wildman–Crippen LogP) is 4.62. The van der Waals surface area contributed by atoms with Crippen molar-refractivity contribution in [2.75, 3.05) is 5.32 Å². The summed E-state index contributed by atoms with van der Waals surface area (Å²) in [7, 11) is 0. The number of hydrogen-bond acceptors (Lipinski definition) is 4. The van der Waals surface area contributed by atoms with Crippen LogP contribution < -0.4 is 5.32 Å². The highest BCUT2D eigenvalue weighted by molar-refractivity contribution is 7.18. The molecule has 2 aromatic rings. The van der Waals surface area contributed by atoms with Crippen LogP contribution in [0.2, 0.25) is 0 Å². The number of hydrogen-bond donors (Lipinski definition) is 1. The molecule has 0 radical (unpaired) electrons. The van der Waals surface area contributed by atoms with Gasteiger partial charge in [0.2, 0.25) is 11.0 Å². The van der Waals surface area contributed by atoms with Crippen molar-refractivity contribution in [3.63, 3.8) is 0 Å². The van der Waals surface area contributed by atoms with Crippen LogP contribution in [0.25, 0.3) is 10.6 Å². The lowest BCUT2D eigenvalue weighted by molar-refractivity contribution is -0.112. The molecular weight excluding hydrogens is 306 g/mol. The number of amides is 1. The molecule has 4 nitrogen and oxygen atoms in total. The Hall–Kier alpha value is -2.01. The summed E-state index contributed by atoms with van der Waals surface area (Å²) in [5.41, 5.74) is 3.47. The number of aromatic nitrogens is 2. The summed E-state index contributed by atoms with van der Waals surface area (Å²) in [6, 6.07) is 8.33. The molecule has 1 aromatic carbocycles. The van der Waals surface area contributed by atoms with E-state index >= 15 is 0 Å². The van der Waals surface area contributed by atoms with Crippen LogP contribution in [0.1, 0.15) is 45.1 Å². The van der Waals surface area contributed by atoms with Gasteiger partial charge in [0.1, 0.15) is 5.01 Å². The van der Waals surface area contributed by atoms with Crippen LogP contribution >= 0.6 is 11.3 Å². The van der Waals surface area contributed by atoms with Gasteiger partial charge in [-0.25, -0.2) is 0 Å². The minimum Gasteiger partial charge on any atom is -0.297 e. The fraction of sp³-hybridized carbons (Fsp3) is 0.389. The molecule has 1 saturated carbocycles. The molecule has 0 atom stereocenters. The largest absolute Gasteiger partial charge is 0.297 e. The number of allylic oxidation sites excluding steroid dienone is 1. The summed E-state index contributed by atoms with van der Waals surface area (Å²) in [4.78, 5) is 12.0. The maximum Gasteiger partial charge on any atom is 0.250 e. The second-order valence-corrected chi connectivity index (χ2v) is 7.32. The highest BCUT2D eigenvalue weighted by Crippen LogP contribution is 2.36. The monoisotopic (exact) mass is 327 g/mol. The van der Waals surface area contributed by atoms with E-state index in [1.807, 2.05) is 6.92 Å². The van der Waals surface area contributed by atoms with Gasteiger partial charge >= 0.3 is 0 Å². The van der Waals surface area contributed by atoms with Crippen LogP contribution in [0.15, 0.2) is 35.9 Å². The van der Waals surface area contributed by atoms with E-state index in [2.05, 4.69) is 53.6 Å². The van der Waals surface area contributed by atoms with Crippen LogP contribution in [0.4, 0.5) is 5.13 Å². The SMILES string of the molecule is C/C(=C\C(=O)Nc1nnc(-c2ccc(C(C)C)cc2)s1)C1CC1. The van der Waals surface area contributed by atoms with Crippen molar-refractivity contribution < 1.29 is 4.79 Å². The molecule has 0 aliphatic heterocycles. The molecule has 3 rings (SSSR count). The van der Waals surface area contributed by atoms with Crippen molar-refractivity contribution in [1.82, 2.24) is 10.2 Å². The van der Waals surface area contributed by atoms with Gasteiger partial charge in [-0.3, -0.25) is 10.1 Å². The first-order valence-electron chi connectivity index (χ1n) is 7.96. The Labute approximate surface area is 140 Å². The highest BCUT2D eigenvalue weighted by atomic mass is 32.1. The number of anilines is 1. The number of rotatable bonds is 5. The average molecular weight is 327 g/mol. The van der Waals surface area contributed by atoms with Gasteiger partial charge in [-0.2, -0.15) is 0 Å². The molecule has 0 saturated heterocycles. The summed E-state index contributed by atoms with van der Waals surface area (Å²) < 4.78 is 0. The molecule has 1 fully saturated rings. The summed E-state index contributed by atoms with van der Waals surface area (Å²) in [6.07, 6.45) is 4.08. The standard InChI is InChI=1S/C18H21N3OS/c1-11(2)13-4-8-15(9-5-13)17-20-21-18(23-17)19-16(22)10-12(3)14-6-7-14/h4-5,8-11,14H,6-7H2,1-3H3,(H,19,21,22)/b12-10+. The molecule has 1 heterocycles. The zero-order chi connectivity index (χ0) is 16.4. The molecule has 0 unspecified atom stereocenters. The molecule has 23 heavy (non-hydrogen) atoms. The first-order valence-corrected chi connectivity index (χ1v) is 8.77. The van der Waals surface area contributed by atoms with E-state index in [0.29, 0.717) is 17.0 Å². The van der Waals surface area contributed by atoms with Gasteiger partial charge in [-0.1, -0.05) is 55.0 Å². The van der Waals surface area contributed by atoms with E-state index < -0.39 is 0 Å². The Bertz CT molecular complexity index is 727. The fourth-order valence-corrected chi connectivity index (χ4v) is 3.16. The van der Waals surface area contributed by atoms with E-state index in [-0.39, 0.29) is 5.91 Å². The lowest BCUT2D eigenvalue weighted by Gasteiger charge is -2.04. The lowest BCUT2D eigenvalue weighted by atomic mass is 10.0. The van der Waals surface area contributed by atoms with Crippen LogP contribution in [0.3, 0.4) is 0 Å². The van der Waals surface area contributed by atoms with Crippen LogP contribution in [0.5, 0.6) is 0 Å². The van der Waals surface area contributed by atoms with Gasteiger partial charge in [0.15, 0.2) is 0 Å². The summed E-state index contributed by atoms with van der Waals surface area (Å²) in [6.45, 7) is 6.36. The number of nitrogens with one attached hydrogen (secondary N) is 1. The van der Waals surface area contributed by atoms with Crippen LogP contribution in [-0.4, -0.2) is 16.1 Å². The average Bonchev–Trinajstić information content (AvgIpc) is 3.28. The van der Waals surface area contributed by atoms with Gasteiger partial charge in [-0.15, -0.1) is 10.2 Å². The van der Waals surface area contributed by atoms with Crippen molar-refractivity contribution >= 4 is 22.4 Å². The second-order valence-electron chi connectivity index (χ2n) is 6.34. The first kappa shape index (κ1) is 15.9. The van der Waals surface area contributed by atoms with Crippen molar-refractivity contribution in [3.8, 4) is 10.6 Å². The van der Waals surface area contributed by atoms with Gasteiger partial charge in [0, 0.05) is 11.6 Å². The van der Waals surface area contributed by atoms with Crippen molar-refractivity contribution in [1.29, 1.82) is 0 Å². The molecule has 120 valence electrons. The number of nitrogens with zero attached hydrogens (tertiary/aromatic N) is 2. The van der Waals surface area contributed by atoms with E-state index in [9.17, 15) is 4.79 Å². The third-order valence-corrected chi connectivity index (χ3v) is 4.95. The van der Waals surface area contributed by atoms with E-state index in [0.717, 1.165) is 16.1 Å². The smallest absolute Gasteiger partial charge is 0.250 e. The Morgan fingerprint density at radius 1 is 1.26 bits per heavy atom. The Morgan fingerprint density at radius 3 is 2.57 bits per heavy atom. The minimum absolute atomic E-state index is 0.118. The number of carbonyl (C=O) groups excluding carboxylic acids is 1. The fourth-order valence-electron chi connectivity index (χ4n) is 2.41. The number of benzene rings is 1. The van der Waals surface area contributed by atoms with Gasteiger partial charge in [0.25, 0.3) is 0 Å². The Kier molecular flexibility index (Phi) is 4.57. The molecule has 5 heteroatoms. The topological polar surface area (TPSA) is 54.9 Å². The van der Waals surface area contributed by atoms with Gasteiger partial charge in [0.05, 0.1) is 0 Å². The highest BCUT2D eigenvalue weighted by Gasteiger charge is 2.23. The second kappa shape index (κ2) is 6.62. The zero-order valence-electron chi connectivity index (χ0n) is 13.7. The van der Waals surface area contributed by atoms with Crippen molar-refractivity contribution in [2.45, 2.75) is 39.5 Å². The normalized spacial score (nSPS) is 15.0. The third-order valence-electron chi connectivity index (χ3n) is 4.06. The molecule has 0 spiro atoms. The lowest BCUT2D eigenvalue weighted by Crippen LogP contribution is -2.08. The van der Waals surface area contributed by atoms with Crippen molar-refractivity contribution in [3.05, 3.63) is 41.5 Å². The van der Waals surface area contributed by atoms with Gasteiger partial charge in [-0.05, 0) is 37.2 Å². The molecule has 1 aliphatic rings. The van der Waals surface area contributed by atoms with E-state index in [1.165, 1.54) is 29.7 Å². The maximum atomic E-state index is 12.0. The quantitative estimate of drug-likeness (QED) is 0.815. The molecule has 1 amide bonds. The summed E-state index contributed by atoms with van der Waals surface area (Å²) in [5, 5.41) is 12.4. The zero-order valence-corrected chi connectivity index (χ0v) is 14.5. The van der Waals surface area contributed by atoms with Crippen LogP contribution in [-0.2, 0) is 4.79 Å².